The molecule has 1 aliphatic heterocycles. The predicted molar refractivity (Wildman–Crippen MR) is 88.4 cm³/mol. The third-order valence-corrected chi connectivity index (χ3v) is 5.47. The van der Waals surface area contributed by atoms with Crippen molar-refractivity contribution in [1.82, 2.24) is 5.32 Å². The van der Waals surface area contributed by atoms with Crippen molar-refractivity contribution in [2.45, 2.75) is 44.6 Å². The minimum Gasteiger partial charge on any atom is -0.495 e. The van der Waals surface area contributed by atoms with Gasteiger partial charge in [-0.2, -0.15) is 0 Å². The van der Waals surface area contributed by atoms with Gasteiger partial charge in [-0.1, -0.05) is 6.42 Å². The van der Waals surface area contributed by atoms with E-state index in [2.05, 4.69) is 27.3 Å². The number of hydrogen-bond donors (Lipinski definition) is 2. The zero-order chi connectivity index (χ0) is 15.7. The number of benzene rings is 1. The Bertz CT molecular complexity index is 588. The number of carbonyl (C=O) groups is 1. The number of carboxylic acid groups (broad SMARTS) is 1. The molecule has 2 aliphatic rings. The van der Waals surface area contributed by atoms with Crippen molar-refractivity contribution in [2.24, 2.45) is 5.92 Å². The van der Waals surface area contributed by atoms with Gasteiger partial charge in [0.05, 0.1) is 17.5 Å². The Morgan fingerprint density at radius 2 is 2.14 bits per heavy atom. The van der Waals surface area contributed by atoms with Gasteiger partial charge < -0.3 is 15.2 Å². The van der Waals surface area contributed by atoms with E-state index in [9.17, 15) is 9.90 Å². The number of ether oxygens (including phenoxy) is 1. The molecule has 0 aromatic heterocycles. The third-order valence-electron chi connectivity index (χ3n) is 4.88. The smallest absolute Gasteiger partial charge is 0.307 e. The summed E-state index contributed by atoms with van der Waals surface area (Å²) in [6.07, 6.45) is 6.46. The van der Waals surface area contributed by atoms with Crippen LogP contribution in [-0.2, 0) is 17.6 Å². The fourth-order valence-corrected chi connectivity index (χ4v) is 4.43. The quantitative estimate of drug-likeness (QED) is 0.803. The molecule has 1 saturated heterocycles. The Balaban J connectivity index is 2.05. The highest BCUT2D eigenvalue weighted by Gasteiger charge is 2.34. The van der Waals surface area contributed by atoms with Gasteiger partial charge in [0.2, 0.25) is 0 Å². The number of rotatable bonds is 3. The summed E-state index contributed by atoms with van der Waals surface area (Å²) >= 11 is 3.63. The fraction of sp³-hybridized carbons (Fsp3) is 0.588. The van der Waals surface area contributed by atoms with E-state index in [4.69, 9.17) is 4.74 Å². The second-order valence-electron chi connectivity index (χ2n) is 6.24. The van der Waals surface area contributed by atoms with Crippen LogP contribution in [0.3, 0.4) is 0 Å². The summed E-state index contributed by atoms with van der Waals surface area (Å²) in [6, 6.07) is 2.26. The molecule has 2 unspecified atom stereocenters. The van der Waals surface area contributed by atoms with Crippen LogP contribution in [0.4, 0.5) is 0 Å². The Labute approximate surface area is 139 Å². The Hall–Kier alpha value is -1.07. The van der Waals surface area contributed by atoms with Crippen molar-refractivity contribution in [3.63, 3.8) is 0 Å². The lowest BCUT2D eigenvalue weighted by molar-refractivity contribution is -0.141. The highest BCUT2D eigenvalue weighted by molar-refractivity contribution is 9.10. The Kier molecular flexibility index (Phi) is 4.73. The van der Waals surface area contributed by atoms with Crippen molar-refractivity contribution < 1.29 is 14.6 Å². The lowest BCUT2D eigenvalue weighted by Gasteiger charge is -2.23. The second-order valence-corrected chi connectivity index (χ2v) is 7.09. The summed E-state index contributed by atoms with van der Waals surface area (Å²) in [5.41, 5.74) is 3.94. The van der Waals surface area contributed by atoms with Gasteiger partial charge in [-0.25, -0.2) is 0 Å². The summed E-state index contributed by atoms with van der Waals surface area (Å²) < 4.78 is 6.63. The normalized spacial score (nSPS) is 24.6. The maximum atomic E-state index is 11.3. The molecule has 1 aromatic rings. The molecule has 2 N–H and O–H groups in total. The number of aliphatic carboxylic acids is 1. The minimum absolute atomic E-state index is 0.0698. The summed E-state index contributed by atoms with van der Waals surface area (Å²) in [7, 11) is 1.69. The highest BCUT2D eigenvalue weighted by atomic mass is 79.9. The molecule has 0 radical (unpaired) electrons. The third kappa shape index (κ3) is 2.88. The number of halogens is 1. The fourth-order valence-electron chi connectivity index (χ4n) is 3.78. The molecular weight excluding hydrogens is 346 g/mol. The van der Waals surface area contributed by atoms with E-state index < -0.39 is 5.97 Å². The average molecular weight is 368 g/mol. The molecule has 0 bridgehead atoms. The zero-order valence-electron chi connectivity index (χ0n) is 12.8. The molecule has 120 valence electrons. The van der Waals surface area contributed by atoms with Crippen molar-refractivity contribution >= 4 is 21.9 Å². The van der Waals surface area contributed by atoms with Gasteiger partial charge >= 0.3 is 5.97 Å². The van der Waals surface area contributed by atoms with Crippen LogP contribution >= 0.6 is 15.9 Å². The molecule has 3 rings (SSSR count). The second kappa shape index (κ2) is 6.59. The molecule has 1 aromatic carbocycles. The summed E-state index contributed by atoms with van der Waals surface area (Å²) in [4.78, 5) is 11.3. The molecule has 1 aliphatic carbocycles. The monoisotopic (exact) mass is 367 g/mol. The van der Waals surface area contributed by atoms with Gasteiger partial charge in [0, 0.05) is 18.2 Å². The summed E-state index contributed by atoms with van der Waals surface area (Å²) in [5.74, 6) is -0.158. The Morgan fingerprint density at radius 3 is 2.82 bits per heavy atom. The van der Waals surface area contributed by atoms with Crippen LogP contribution in [0.15, 0.2) is 10.5 Å². The topological polar surface area (TPSA) is 58.6 Å². The largest absolute Gasteiger partial charge is 0.495 e. The maximum Gasteiger partial charge on any atom is 0.307 e. The van der Waals surface area contributed by atoms with Crippen molar-refractivity contribution in [1.29, 1.82) is 0 Å². The number of nitrogens with one attached hydrogen (secondary N) is 1. The first-order valence-electron chi connectivity index (χ1n) is 7.96. The van der Waals surface area contributed by atoms with Crippen LogP contribution in [0.2, 0.25) is 0 Å². The molecule has 22 heavy (non-hydrogen) atoms. The van der Waals surface area contributed by atoms with Crippen LogP contribution < -0.4 is 10.1 Å². The van der Waals surface area contributed by atoms with Crippen molar-refractivity contribution in [3.05, 3.63) is 27.2 Å². The molecule has 0 amide bonds. The van der Waals surface area contributed by atoms with Gasteiger partial charge in [-0.15, -0.1) is 0 Å². The van der Waals surface area contributed by atoms with Gasteiger partial charge in [-0.3, -0.25) is 4.79 Å². The van der Waals surface area contributed by atoms with E-state index in [1.165, 1.54) is 36.0 Å². The van der Waals surface area contributed by atoms with E-state index >= 15 is 0 Å². The lowest BCUT2D eigenvalue weighted by atomic mass is 9.89. The SMILES string of the molecule is COc1c(Br)cc2c(c1C1CC(C(=O)O)CN1)CCCCC2. The molecule has 1 fully saturated rings. The van der Waals surface area contributed by atoms with Gasteiger partial charge in [-0.05, 0) is 65.2 Å². The van der Waals surface area contributed by atoms with Crippen LogP contribution in [0, 0.1) is 5.92 Å². The molecule has 1 heterocycles. The molecule has 4 nitrogen and oxygen atoms in total. The van der Waals surface area contributed by atoms with Gasteiger partial charge in [0.25, 0.3) is 0 Å². The molecular formula is C17H22BrNO3. The zero-order valence-corrected chi connectivity index (χ0v) is 14.4. The van der Waals surface area contributed by atoms with E-state index in [1.54, 1.807) is 7.11 Å². The van der Waals surface area contributed by atoms with Crippen molar-refractivity contribution in [2.75, 3.05) is 13.7 Å². The van der Waals surface area contributed by atoms with Crippen LogP contribution in [0.1, 0.15) is 48.4 Å². The number of hydrogen-bond acceptors (Lipinski definition) is 3. The summed E-state index contributed by atoms with van der Waals surface area (Å²) in [6.45, 7) is 0.532. The molecule has 0 saturated carbocycles. The molecule has 5 heteroatoms. The number of aryl methyl sites for hydroxylation is 1. The first kappa shape index (κ1) is 15.8. The first-order valence-corrected chi connectivity index (χ1v) is 8.75. The number of methoxy groups -OCH3 is 1. The van der Waals surface area contributed by atoms with E-state index in [-0.39, 0.29) is 12.0 Å². The summed E-state index contributed by atoms with van der Waals surface area (Å²) in [5, 5.41) is 12.7. The number of fused-ring (bicyclic) bond motifs is 1. The standard InChI is InChI=1S/C17H22BrNO3/c1-22-16-13(18)7-10-5-3-2-4-6-12(10)15(16)14-8-11(9-19-14)17(20)21/h7,11,14,19H,2-6,8-9H2,1H3,(H,20,21). The van der Waals surface area contributed by atoms with Crippen molar-refractivity contribution in [3.8, 4) is 5.75 Å². The van der Waals surface area contributed by atoms with E-state index in [0.29, 0.717) is 13.0 Å². The van der Waals surface area contributed by atoms with Crippen LogP contribution in [0.25, 0.3) is 0 Å². The lowest BCUT2D eigenvalue weighted by Crippen LogP contribution is -2.18. The molecule has 0 spiro atoms. The van der Waals surface area contributed by atoms with E-state index in [1.807, 2.05) is 0 Å². The van der Waals surface area contributed by atoms with Gasteiger partial charge in [0.15, 0.2) is 0 Å². The minimum atomic E-state index is -0.713. The Morgan fingerprint density at radius 1 is 1.36 bits per heavy atom. The predicted octanol–water partition coefficient (Wildman–Crippen LogP) is 3.46. The van der Waals surface area contributed by atoms with E-state index in [0.717, 1.165) is 23.1 Å². The maximum absolute atomic E-state index is 11.3. The van der Waals surface area contributed by atoms with Gasteiger partial charge in [0.1, 0.15) is 5.75 Å². The first-order chi connectivity index (χ1) is 10.6. The highest BCUT2D eigenvalue weighted by Crippen LogP contribution is 2.43. The number of carboxylic acids is 1. The van der Waals surface area contributed by atoms with Crippen LogP contribution in [0.5, 0.6) is 5.75 Å². The average Bonchev–Trinajstić information content (AvgIpc) is 2.86. The van der Waals surface area contributed by atoms with Crippen LogP contribution in [-0.4, -0.2) is 24.7 Å². The molecule has 2 atom stereocenters.